The minimum atomic E-state index is 0.280. The first-order valence-electron chi connectivity index (χ1n) is 10.4. The van der Waals surface area contributed by atoms with E-state index in [1.807, 2.05) is 49.6 Å². The normalized spacial score (nSPS) is 19.4. The van der Waals surface area contributed by atoms with Gasteiger partial charge in [-0.05, 0) is 76.6 Å². The van der Waals surface area contributed by atoms with Gasteiger partial charge in [0.05, 0.1) is 23.7 Å². The SMILES string of the molecule is CCOc1ccc(Nc2c(C3CCC(N)CC3)c(N)nn3c(C)c(C)nc23)cc1. The van der Waals surface area contributed by atoms with Gasteiger partial charge in [-0.2, -0.15) is 0 Å². The smallest absolute Gasteiger partial charge is 0.178 e. The van der Waals surface area contributed by atoms with Crippen LogP contribution in [-0.2, 0) is 0 Å². The molecule has 0 unspecified atom stereocenters. The minimum absolute atomic E-state index is 0.280. The zero-order chi connectivity index (χ0) is 20.5. The Kier molecular flexibility index (Phi) is 5.32. The molecule has 0 atom stereocenters. The predicted molar refractivity (Wildman–Crippen MR) is 117 cm³/mol. The molecule has 0 radical (unpaired) electrons. The zero-order valence-electron chi connectivity index (χ0n) is 17.4. The van der Waals surface area contributed by atoms with Crippen LogP contribution in [0.15, 0.2) is 24.3 Å². The number of aromatic nitrogens is 3. The summed E-state index contributed by atoms with van der Waals surface area (Å²) >= 11 is 0. The van der Waals surface area contributed by atoms with Crippen molar-refractivity contribution in [1.29, 1.82) is 0 Å². The summed E-state index contributed by atoms with van der Waals surface area (Å²) in [6, 6.07) is 8.25. The number of nitrogens with one attached hydrogen (secondary N) is 1. The van der Waals surface area contributed by atoms with Gasteiger partial charge in [-0.1, -0.05) is 0 Å². The highest BCUT2D eigenvalue weighted by Crippen LogP contribution is 2.41. The molecule has 1 aromatic carbocycles. The number of benzene rings is 1. The van der Waals surface area contributed by atoms with Crippen molar-refractivity contribution in [3.8, 4) is 5.75 Å². The predicted octanol–water partition coefficient (Wildman–Crippen LogP) is 4.06. The van der Waals surface area contributed by atoms with Crippen LogP contribution >= 0.6 is 0 Å². The van der Waals surface area contributed by atoms with Gasteiger partial charge >= 0.3 is 0 Å². The summed E-state index contributed by atoms with van der Waals surface area (Å²) in [6.07, 6.45) is 4.04. The standard InChI is InChI=1S/C22H30N6O/c1-4-29-18-11-9-17(10-12-18)26-20-19(15-5-7-16(23)8-6-15)21(24)27-28-14(3)13(2)25-22(20)28/h9-12,15-16,26H,4-8,23H2,1-3H3,(H2,24,27). The van der Waals surface area contributed by atoms with Crippen molar-refractivity contribution in [3.05, 3.63) is 41.2 Å². The quantitative estimate of drug-likeness (QED) is 0.603. The fraction of sp³-hybridized carbons (Fsp3) is 0.455. The van der Waals surface area contributed by atoms with E-state index >= 15 is 0 Å². The molecule has 5 N–H and O–H groups in total. The lowest BCUT2D eigenvalue weighted by Gasteiger charge is -2.29. The largest absolute Gasteiger partial charge is 0.494 e. The van der Waals surface area contributed by atoms with Crippen LogP contribution in [0.5, 0.6) is 5.75 Å². The molecule has 29 heavy (non-hydrogen) atoms. The number of hydrogen-bond donors (Lipinski definition) is 3. The van der Waals surface area contributed by atoms with E-state index in [2.05, 4.69) is 10.4 Å². The summed E-state index contributed by atoms with van der Waals surface area (Å²) < 4.78 is 7.41. The summed E-state index contributed by atoms with van der Waals surface area (Å²) in [5, 5.41) is 8.26. The number of hydrogen-bond acceptors (Lipinski definition) is 6. The van der Waals surface area contributed by atoms with Gasteiger partial charge in [0.2, 0.25) is 0 Å². The summed E-state index contributed by atoms with van der Waals surface area (Å²) in [5.74, 6) is 1.74. The molecule has 7 nitrogen and oxygen atoms in total. The molecule has 1 aliphatic rings. The number of aryl methyl sites for hydroxylation is 2. The molecule has 0 bridgehead atoms. The molecule has 0 saturated heterocycles. The van der Waals surface area contributed by atoms with E-state index in [0.29, 0.717) is 18.3 Å². The third kappa shape index (κ3) is 3.74. The van der Waals surface area contributed by atoms with Gasteiger partial charge in [0.25, 0.3) is 0 Å². The summed E-state index contributed by atoms with van der Waals surface area (Å²) in [4.78, 5) is 4.80. The monoisotopic (exact) mass is 394 g/mol. The van der Waals surface area contributed by atoms with Gasteiger partial charge in [0, 0.05) is 17.3 Å². The van der Waals surface area contributed by atoms with E-state index in [4.69, 9.17) is 21.2 Å². The van der Waals surface area contributed by atoms with Crippen LogP contribution in [0.2, 0.25) is 0 Å². The molecule has 0 amide bonds. The Bertz CT molecular complexity index is 1000. The molecule has 7 heteroatoms. The van der Waals surface area contributed by atoms with Gasteiger partial charge < -0.3 is 21.5 Å². The first-order chi connectivity index (χ1) is 14.0. The first kappa shape index (κ1) is 19.5. The highest BCUT2D eigenvalue weighted by atomic mass is 16.5. The molecule has 4 rings (SSSR count). The van der Waals surface area contributed by atoms with Crippen LogP contribution in [-0.4, -0.2) is 27.2 Å². The number of fused-ring (bicyclic) bond motifs is 1. The Morgan fingerprint density at radius 3 is 2.48 bits per heavy atom. The van der Waals surface area contributed by atoms with Gasteiger partial charge in [0.15, 0.2) is 5.65 Å². The molecule has 0 aliphatic heterocycles. The third-order valence-electron chi connectivity index (χ3n) is 5.91. The highest BCUT2D eigenvalue weighted by molar-refractivity contribution is 5.81. The van der Waals surface area contributed by atoms with Crippen LogP contribution in [0.4, 0.5) is 17.2 Å². The molecule has 154 valence electrons. The van der Waals surface area contributed by atoms with Crippen molar-refractivity contribution in [2.45, 2.75) is 58.4 Å². The van der Waals surface area contributed by atoms with Gasteiger partial charge in [-0.3, -0.25) is 0 Å². The van der Waals surface area contributed by atoms with Crippen molar-refractivity contribution in [1.82, 2.24) is 14.6 Å². The molecule has 1 saturated carbocycles. The van der Waals surface area contributed by atoms with Gasteiger partial charge in [-0.15, -0.1) is 5.10 Å². The Labute approximate surface area is 171 Å². The van der Waals surface area contributed by atoms with E-state index in [1.54, 1.807) is 0 Å². The molecule has 2 aromatic heterocycles. The molecular formula is C22H30N6O. The zero-order valence-corrected chi connectivity index (χ0v) is 17.4. The Morgan fingerprint density at radius 2 is 1.83 bits per heavy atom. The fourth-order valence-electron chi connectivity index (χ4n) is 4.18. The van der Waals surface area contributed by atoms with E-state index in [9.17, 15) is 0 Å². The van der Waals surface area contributed by atoms with Crippen molar-refractivity contribution in [2.24, 2.45) is 5.73 Å². The van der Waals surface area contributed by atoms with E-state index in [1.165, 1.54) is 0 Å². The van der Waals surface area contributed by atoms with E-state index < -0.39 is 0 Å². The number of anilines is 3. The lowest BCUT2D eigenvalue weighted by atomic mass is 9.81. The third-order valence-corrected chi connectivity index (χ3v) is 5.91. The molecule has 2 heterocycles. The molecule has 1 fully saturated rings. The topological polar surface area (TPSA) is 103 Å². The maximum atomic E-state index is 6.50. The second kappa shape index (κ2) is 7.91. The number of nitrogen functional groups attached to an aromatic ring is 1. The highest BCUT2D eigenvalue weighted by Gasteiger charge is 2.28. The Morgan fingerprint density at radius 1 is 1.14 bits per heavy atom. The van der Waals surface area contributed by atoms with Crippen molar-refractivity contribution in [3.63, 3.8) is 0 Å². The van der Waals surface area contributed by atoms with Crippen molar-refractivity contribution in [2.75, 3.05) is 17.7 Å². The second-order valence-electron chi connectivity index (χ2n) is 7.89. The fourth-order valence-corrected chi connectivity index (χ4v) is 4.18. The molecule has 3 aromatic rings. The molecule has 1 aliphatic carbocycles. The van der Waals surface area contributed by atoms with Crippen molar-refractivity contribution >= 4 is 22.8 Å². The summed E-state index contributed by atoms with van der Waals surface area (Å²) in [6.45, 7) is 6.64. The average molecular weight is 395 g/mol. The Hall–Kier alpha value is -2.80. The second-order valence-corrected chi connectivity index (χ2v) is 7.89. The van der Waals surface area contributed by atoms with Gasteiger partial charge in [-0.25, -0.2) is 9.50 Å². The number of imidazole rings is 1. The molecular weight excluding hydrogens is 364 g/mol. The number of rotatable bonds is 5. The first-order valence-corrected chi connectivity index (χ1v) is 10.4. The maximum absolute atomic E-state index is 6.50. The van der Waals surface area contributed by atoms with Crippen LogP contribution in [0.1, 0.15) is 55.5 Å². The van der Waals surface area contributed by atoms with E-state index in [-0.39, 0.29) is 6.04 Å². The van der Waals surface area contributed by atoms with Crippen LogP contribution < -0.4 is 21.5 Å². The lowest BCUT2D eigenvalue weighted by Crippen LogP contribution is -2.26. The van der Waals surface area contributed by atoms with E-state index in [0.717, 1.165) is 65.4 Å². The van der Waals surface area contributed by atoms with Crippen LogP contribution in [0.3, 0.4) is 0 Å². The summed E-state index contributed by atoms with van der Waals surface area (Å²) in [5.41, 5.74) is 18.4. The van der Waals surface area contributed by atoms with Crippen LogP contribution in [0, 0.1) is 13.8 Å². The van der Waals surface area contributed by atoms with Crippen molar-refractivity contribution < 1.29 is 4.74 Å². The van der Waals surface area contributed by atoms with Gasteiger partial charge in [0.1, 0.15) is 11.6 Å². The number of nitrogens with zero attached hydrogens (tertiary/aromatic N) is 3. The average Bonchev–Trinajstić information content (AvgIpc) is 2.99. The number of ether oxygens (including phenoxy) is 1. The summed E-state index contributed by atoms with van der Waals surface area (Å²) in [7, 11) is 0. The Balaban J connectivity index is 1.80. The minimum Gasteiger partial charge on any atom is -0.494 e. The number of nitrogens with two attached hydrogens (primary N) is 2. The molecule has 0 spiro atoms. The van der Waals surface area contributed by atoms with Crippen LogP contribution in [0.25, 0.3) is 5.65 Å². The lowest BCUT2D eigenvalue weighted by molar-refractivity contribution is 0.340. The maximum Gasteiger partial charge on any atom is 0.178 e.